The maximum atomic E-state index is 4.90. The average molecular weight is 362 g/mol. The van der Waals surface area contributed by atoms with Crippen LogP contribution in [0.25, 0.3) is 11.3 Å². The number of H-pyrrole nitrogens is 1. The molecule has 3 aromatic rings. The van der Waals surface area contributed by atoms with Crippen LogP contribution < -0.4 is 5.32 Å². The zero-order valence-electron chi connectivity index (χ0n) is 16.5. The summed E-state index contributed by atoms with van der Waals surface area (Å²) in [6.07, 6.45) is 8.21. The number of benzene rings is 2. The van der Waals surface area contributed by atoms with E-state index in [-0.39, 0.29) is 6.04 Å². The molecule has 3 nitrogen and oxygen atoms in total. The molecule has 1 heterocycles. The Balaban J connectivity index is 1.70. The molecule has 1 aromatic heterocycles. The molecule has 3 heteroatoms. The van der Waals surface area contributed by atoms with Gasteiger partial charge in [0.05, 0.1) is 11.7 Å². The van der Waals surface area contributed by atoms with Crippen LogP contribution in [0.15, 0.2) is 60.8 Å². The third-order valence-electron chi connectivity index (χ3n) is 5.02. The number of hydrogen-bond donors (Lipinski definition) is 2. The Kier molecular flexibility index (Phi) is 7.23. The van der Waals surface area contributed by atoms with Gasteiger partial charge in [0.2, 0.25) is 0 Å². The highest BCUT2D eigenvalue weighted by molar-refractivity contribution is 5.58. The largest absolute Gasteiger partial charge is 0.347 e. The van der Waals surface area contributed by atoms with Gasteiger partial charge < -0.3 is 10.3 Å². The monoisotopic (exact) mass is 361 g/mol. The summed E-state index contributed by atoms with van der Waals surface area (Å²) in [6, 6.07) is 19.4. The Morgan fingerprint density at radius 2 is 1.74 bits per heavy atom. The lowest BCUT2D eigenvalue weighted by Gasteiger charge is -2.17. The van der Waals surface area contributed by atoms with Crippen LogP contribution in [-0.4, -0.2) is 9.97 Å². The molecular weight excluding hydrogens is 330 g/mol. The zero-order valence-corrected chi connectivity index (χ0v) is 16.5. The first-order chi connectivity index (χ1) is 13.3. The van der Waals surface area contributed by atoms with Crippen LogP contribution in [0.3, 0.4) is 0 Å². The smallest absolute Gasteiger partial charge is 0.124 e. The Bertz CT molecular complexity index is 790. The molecule has 0 unspecified atom stereocenters. The number of nitrogens with one attached hydrogen (secondary N) is 2. The van der Waals surface area contributed by atoms with Crippen molar-refractivity contribution >= 4 is 0 Å². The third-order valence-corrected chi connectivity index (χ3v) is 5.02. The fourth-order valence-corrected chi connectivity index (χ4v) is 3.33. The van der Waals surface area contributed by atoms with E-state index in [1.54, 1.807) is 0 Å². The predicted octanol–water partition coefficient (Wildman–Crippen LogP) is 6.19. The second kappa shape index (κ2) is 10.1. The van der Waals surface area contributed by atoms with Crippen molar-refractivity contribution in [3.05, 3.63) is 77.7 Å². The van der Waals surface area contributed by atoms with Gasteiger partial charge in [-0.05, 0) is 18.9 Å². The zero-order chi connectivity index (χ0) is 18.9. The van der Waals surface area contributed by atoms with Crippen LogP contribution in [0.2, 0.25) is 0 Å². The lowest BCUT2D eigenvalue weighted by atomic mass is 10.1. The van der Waals surface area contributed by atoms with Gasteiger partial charge in [0.1, 0.15) is 5.82 Å². The number of unbranched alkanes of at least 4 members (excludes halogenated alkanes) is 3. The van der Waals surface area contributed by atoms with Crippen molar-refractivity contribution in [2.24, 2.45) is 0 Å². The summed E-state index contributed by atoms with van der Waals surface area (Å²) in [6.45, 7) is 5.23. The van der Waals surface area contributed by atoms with Crippen LogP contribution in [0.4, 0.5) is 0 Å². The first-order valence-corrected chi connectivity index (χ1v) is 10.2. The van der Waals surface area contributed by atoms with E-state index in [4.69, 9.17) is 4.98 Å². The van der Waals surface area contributed by atoms with Gasteiger partial charge in [0, 0.05) is 18.3 Å². The van der Waals surface area contributed by atoms with Crippen molar-refractivity contribution in [1.82, 2.24) is 15.3 Å². The molecule has 2 aromatic carbocycles. The van der Waals surface area contributed by atoms with Crippen molar-refractivity contribution in [3.63, 3.8) is 0 Å². The maximum Gasteiger partial charge on any atom is 0.124 e. The van der Waals surface area contributed by atoms with Crippen LogP contribution in [0, 0.1) is 6.92 Å². The summed E-state index contributed by atoms with van der Waals surface area (Å²) >= 11 is 0. The van der Waals surface area contributed by atoms with Crippen molar-refractivity contribution < 1.29 is 0 Å². The molecule has 0 fully saturated rings. The first-order valence-electron chi connectivity index (χ1n) is 10.2. The van der Waals surface area contributed by atoms with Crippen LogP contribution in [0.1, 0.15) is 62.0 Å². The highest BCUT2D eigenvalue weighted by Crippen LogP contribution is 2.23. The maximum absolute atomic E-state index is 4.90. The van der Waals surface area contributed by atoms with Gasteiger partial charge in [-0.3, -0.25) is 0 Å². The number of aromatic amines is 1. The topological polar surface area (TPSA) is 40.7 Å². The third kappa shape index (κ3) is 5.80. The molecule has 27 heavy (non-hydrogen) atoms. The predicted molar refractivity (Wildman–Crippen MR) is 114 cm³/mol. The van der Waals surface area contributed by atoms with Gasteiger partial charge in [0.15, 0.2) is 0 Å². The van der Waals surface area contributed by atoms with Gasteiger partial charge >= 0.3 is 0 Å². The van der Waals surface area contributed by atoms with E-state index < -0.39 is 0 Å². The van der Waals surface area contributed by atoms with Crippen molar-refractivity contribution in [1.29, 1.82) is 0 Å². The molecule has 0 aliphatic heterocycles. The number of imidazole rings is 1. The van der Waals surface area contributed by atoms with Gasteiger partial charge in [-0.2, -0.15) is 0 Å². The highest BCUT2D eigenvalue weighted by atomic mass is 15.0. The molecule has 142 valence electrons. The summed E-state index contributed by atoms with van der Waals surface area (Å²) in [7, 11) is 0. The molecule has 0 aliphatic rings. The lowest BCUT2D eigenvalue weighted by Crippen LogP contribution is -2.22. The highest BCUT2D eigenvalue weighted by Gasteiger charge is 2.15. The summed E-state index contributed by atoms with van der Waals surface area (Å²) in [4.78, 5) is 8.33. The summed E-state index contributed by atoms with van der Waals surface area (Å²) in [5, 5.41) is 3.71. The second-order valence-electron chi connectivity index (χ2n) is 7.31. The van der Waals surface area contributed by atoms with Gasteiger partial charge in [0.25, 0.3) is 0 Å². The Morgan fingerprint density at radius 3 is 2.48 bits per heavy atom. The SMILES string of the molecule is CCCCCC[C@@H](NCc1ccccc1)c1nc(-c2ccc(C)cc2)c[nH]1. The summed E-state index contributed by atoms with van der Waals surface area (Å²) in [5.41, 5.74) is 4.76. The van der Waals surface area contributed by atoms with Crippen LogP contribution in [-0.2, 0) is 6.54 Å². The summed E-state index contributed by atoms with van der Waals surface area (Å²) in [5.74, 6) is 1.04. The summed E-state index contributed by atoms with van der Waals surface area (Å²) < 4.78 is 0. The van der Waals surface area contributed by atoms with E-state index in [0.29, 0.717) is 0 Å². The minimum Gasteiger partial charge on any atom is -0.347 e. The second-order valence-corrected chi connectivity index (χ2v) is 7.31. The van der Waals surface area contributed by atoms with E-state index in [2.05, 4.69) is 78.7 Å². The van der Waals surface area contributed by atoms with Crippen molar-refractivity contribution in [3.8, 4) is 11.3 Å². The van der Waals surface area contributed by atoms with Crippen LogP contribution >= 0.6 is 0 Å². The van der Waals surface area contributed by atoms with E-state index in [1.807, 2.05) is 6.20 Å². The van der Waals surface area contributed by atoms with E-state index in [0.717, 1.165) is 30.0 Å². The lowest BCUT2D eigenvalue weighted by molar-refractivity contribution is 0.453. The molecule has 0 spiro atoms. The minimum atomic E-state index is 0.251. The number of aromatic nitrogens is 2. The first kappa shape index (κ1) is 19.4. The fourth-order valence-electron chi connectivity index (χ4n) is 3.33. The normalized spacial score (nSPS) is 12.2. The Hall–Kier alpha value is -2.39. The standard InChI is InChI=1S/C24H31N3/c1-3-4-5-9-12-22(25-17-20-10-7-6-8-11-20)24-26-18-23(27-24)21-15-13-19(2)14-16-21/h6-8,10-11,13-16,18,22,25H,3-5,9,12,17H2,1-2H3,(H,26,27)/t22-/m1/s1. The molecule has 0 bridgehead atoms. The number of aryl methyl sites for hydroxylation is 1. The van der Waals surface area contributed by atoms with Crippen LogP contribution in [0.5, 0.6) is 0 Å². The Labute approximate surface area is 163 Å². The van der Waals surface area contributed by atoms with Crippen molar-refractivity contribution in [2.75, 3.05) is 0 Å². The quantitative estimate of drug-likeness (QED) is 0.423. The fraction of sp³-hybridized carbons (Fsp3) is 0.375. The number of hydrogen-bond acceptors (Lipinski definition) is 2. The van der Waals surface area contributed by atoms with E-state index in [1.165, 1.54) is 36.8 Å². The van der Waals surface area contributed by atoms with E-state index in [9.17, 15) is 0 Å². The number of nitrogens with zero attached hydrogens (tertiary/aromatic N) is 1. The average Bonchev–Trinajstić information content (AvgIpc) is 3.19. The molecule has 0 amide bonds. The van der Waals surface area contributed by atoms with Gasteiger partial charge in [-0.25, -0.2) is 4.98 Å². The number of rotatable bonds is 10. The molecular formula is C24H31N3. The minimum absolute atomic E-state index is 0.251. The molecule has 3 rings (SSSR count). The van der Waals surface area contributed by atoms with Crippen molar-refractivity contribution in [2.45, 2.75) is 58.5 Å². The molecule has 2 N–H and O–H groups in total. The van der Waals surface area contributed by atoms with E-state index >= 15 is 0 Å². The molecule has 0 radical (unpaired) electrons. The van der Waals surface area contributed by atoms with Gasteiger partial charge in [-0.1, -0.05) is 92.8 Å². The van der Waals surface area contributed by atoms with Gasteiger partial charge in [-0.15, -0.1) is 0 Å². The molecule has 0 aliphatic carbocycles. The molecule has 0 saturated heterocycles. The molecule has 1 atom stereocenters. The Morgan fingerprint density at radius 1 is 0.963 bits per heavy atom. The molecule has 0 saturated carbocycles.